The number of carbonyl (C=O) groups excluding carboxylic acids is 1. The number of phosphoric ester groups is 1. The first-order valence-electron chi connectivity index (χ1n) is 6.86. The Morgan fingerprint density at radius 2 is 2.12 bits per heavy atom. The summed E-state index contributed by atoms with van der Waals surface area (Å²) in [5.74, 6) is -0.913. The molecule has 4 atom stereocenters. The lowest BCUT2D eigenvalue weighted by Gasteiger charge is -2.17. The first-order valence-corrected chi connectivity index (χ1v) is 8.39. The minimum absolute atomic E-state index is 0.119. The summed E-state index contributed by atoms with van der Waals surface area (Å²) < 4.78 is 26.2. The predicted octanol–water partition coefficient (Wildman–Crippen LogP) is -1.63. The molecule has 13 heteroatoms. The zero-order valence-corrected chi connectivity index (χ0v) is 13.4. The second-order valence-corrected chi connectivity index (χ2v) is 6.18. The van der Waals surface area contributed by atoms with E-state index in [-0.39, 0.29) is 18.1 Å². The van der Waals surface area contributed by atoms with E-state index >= 15 is 0 Å². The summed E-state index contributed by atoms with van der Waals surface area (Å²) in [6.07, 6.45) is -4.29. The highest BCUT2D eigenvalue weighted by Gasteiger charge is 2.45. The molecule has 136 valence electrons. The number of aromatic nitrogens is 2. The van der Waals surface area contributed by atoms with Crippen molar-refractivity contribution in [1.82, 2.24) is 9.55 Å². The Morgan fingerprint density at radius 1 is 1.46 bits per heavy atom. The number of carbonyl (C=O) groups is 1. The smallest absolute Gasteiger partial charge is 0.461 e. The van der Waals surface area contributed by atoms with Gasteiger partial charge in [-0.1, -0.05) is 0 Å². The zero-order chi connectivity index (χ0) is 18.1. The van der Waals surface area contributed by atoms with E-state index in [4.69, 9.17) is 25.0 Å². The standard InChI is InChI=1S/C11H18N3O9P/c1-2-21-11(17)6-9(12)14(4-13-6)10-8(16)7(15)5(23-10)3-22-24(18,19)20/h4-5,7-8,10,15-16H,2-3,12H2,1H3,(H2,18,19,20). The molecule has 0 bridgehead atoms. The first kappa shape index (κ1) is 18.8. The fraction of sp³-hybridized carbons (Fsp3) is 0.636. The molecule has 0 spiro atoms. The van der Waals surface area contributed by atoms with Gasteiger partial charge in [0.15, 0.2) is 11.9 Å². The van der Waals surface area contributed by atoms with Crippen LogP contribution >= 0.6 is 7.82 Å². The van der Waals surface area contributed by atoms with Gasteiger partial charge in [-0.25, -0.2) is 14.3 Å². The van der Waals surface area contributed by atoms with Crippen LogP contribution in [0, 0.1) is 0 Å². The van der Waals surface area contributed by atoms with Gasteiger partial charge in [0, 0.05) is 0 Å². The van der Waals surface area contributed by atoms with Crippen molar-refractivity contribution in [2.45, 2.75) is 31.5 Å². The number of hydrogen-bond acceptors (Lipinski definition) is 9. The Labute approximate surface area is 136 Å². The molecule has 1 saturated heterocycles. The van der Waals surface area contributed by atoms with E-state index in [1.807, 2.05) is 0 Å². The maximum Gasteiger partial charge on any atom is 0.469 e. The Hall–Kier alpha value is -1.53. The van der Waals surface area contributed by atoms with Gasteiger partial charge in [-0.15, -0.1) is 0 Å². The van der Waals surface area contributed by atoms with Gasteiger partial charge in [0.25, 0.3) is 0 Å². The van der Waals surface area contributed by atoms with Crippen LogP contribution in [0.3, 0.4) is 0 Å². The molecule has 0 saturated carbocycles. The molecule has 4 unspecified atom stereocenters. The molecule has 1 aliphatic heterocycles. The van der Waals surface area contributed by atoms with Gasteiger partial charge in [-0.05, 0) is 6.92 Å². The van der Waals surface area contributed by atoms with Crippen LogP contribution < -0.4 is 5.73 Å². The number of hydrogen-bond donors (Lipinski definition) is 5. The van der Waals surface area contributed by atoms with Gasteiger partial charge in [-0.3, -0.25) is 9.09 Å². The summed E-state index contributed by atoms with van der Waals surface area (Å²) in [5, 5.41) is 19.9. The van der Waals surface area contributed by atoms with Crippen LogP contribution in [0.2, 0.25) is 0 Å². The number of nitrogens with zero attached hydrogens (tertiary/aromatic N) is 2. The van der Waals surface area contributed by atoms with Crippen LogP contribution in [-0.4, -0.2) is 67.0 Å². The molecule has 12 nitrogen and oxygen atoms in total. The molecule has 0 aromatic carbocycles. The second kappa shape index (κ2) is 7.15. The number of anilines is 1. The van der Waals surface area contributed by atoms with Crippen molar-refractivity contribution in [3.63, 3.8) is 0 Å². The van der Waals surface area contributed by atoms with E-state index < -0.39 is 44.9 Å². The topological polar surface area (TPSA) is 187 Å². The van der Waals surface area contributed by atoms with Crippen molar-refractivity contribution in [2.75, 3.05) is 18.9 Å². The van der Waals surface area contributed by atoms with E-state index in [1.165, 1.54) is 0 Å². The van der Waals surface area contributed by atoms with E-state index in [0.29, 0.717) is 0 Å². The molecular weight excluding hydrogens is 349 g/mol. The fourth-order valence-electron chi connectivity index (χ4n) is 2.20. The first-order chi connectivity index (χ1) is 11.2. The highest BCUT2D eigenvalue weighted by molar-refractivity contribution is 7.46. The maximum atomic E-state index is 11.7. The number of aliphatic hydroxyl groups excluding tert-OH is 2. The van der Waals surface area contributed by atoms with Crippen molar-refractivity contribution < 1.29 is 43.4 Å². The van der Waals surface area contributed by atoms with Crippen LogP contribution in [0.25, 0.3) is 0 Å². The second-order valence-electron chi connectivity index (χ2n) is 4.94. The Morgan fingerprint density at radius 3 is 2.71 bits per heavy atom. The highest BCUT2D eigenvalue weighted by Crippen LogP contribution is 2.38. The molecule has 0 radical (unpaired) electrons. The molecule has 2 heterocycles. The summed E-state index contributed by atoms with van der Waals surface area (Å²) in [7, 11) is -4.76. The van der Waals surface area contributed by atoms with Crippen LogP contribution in [0.15, 0.2) is 6.33 Å². The number of ether oxygens (including phenoxy) is 2. The van der Waals surface area contributed by atoms with Crippen molar-refractivity contribution >= 4 is 19.6 Å². The lowest BCUT2D eigenvalue weighted by atomic mass is 10.1. The molecule has 1 fully saturated rings. The van der Waals surface area contributed by atoms with Gasteiger partial charge >= 0.3 is 13.8 Å². The number of imidazole rings is 1. The zero-order valence-electron chi connectivity index (χ0n) is 12.6. The Bertz CT molecular complexity index is 645. The lowest BCUT2D eigenvalue weighted by Crippen LogP contribution is -2.33. The quantitative estimate of drug-likeness (QED) is 0.287. The van der Waals surface area contributed by atoms with Gasteiger partial charge < -0.3 is 35.2 Å². The van der Waals surface area contributed by atoms with Crippen LogP contribution in [0.4, 0.5) is 5.82 Å². The fourth-order valence-corrected chi connectivity index (χ4v) is 2.54. The summed E-state index contributed by atoms with van der Waals surface area (Å²) >= 11 is 0. The van der Waals surface area contributed by atoms with E-state index in [0.717, 1.165) is 10.9 Å². The minimum Gasteiger partial charge on any atom is -0.461 e. The number of esters is 1. The van der Waals surface area contributed by atoms with Gasteiger partial charge in [0.1, 0.15) is 24.1 Å². The molecule has 2 rings (SSSR count). The van der Waals surface area contributed by atoms with Crippen molar-refractivity contribution in [2.24, 2.45) is 0 Å². The average Bonchev–Trinajstić information content (AvgIpc) is 2.99. The number of rotatable bonds is 6. The molecule has 24 heavy (non-hydrogen) atoms. The molecular formula is C11H18N3O9P. The normalized spacial score (nSPS) is 27.4. The molecule has 1 aliphatic rings. The number of nitrogens with two attached hydrogens (primary N) is 1. The highest BCUT2D eigenvalue weighted by atomic mass is 31.2. The monoisotopic (exact) mass is 367 g/mol. The molecule has 1 aromatic heterocycles. The Balaban J connectivity index is 2.15. The predicted molar refractivity (Wildman–Crippen MR) is 76.5 cm³/mol. The lowest BCUT2D eigenvalue weighted by molar-refractivity contribution is -0.0511. The molecule has 1 aromatic rings. The molecule has 0 aliphatic carbocycles. The van der Waals surface area contributed by atoms with E-state index in [9.17, 15) is 19.6 Å². The summed E-state index contributed by atoms with van der Waals surface area (Å²) in [6.45, 7) is 1.07. The SMILES string of the molecule is CCOC(=O)c1ncn(C2OC(COP(=O)(O)O)C(O)C2O)c1N. The molecule has 0 amide bonds. The van der Waals surface area contributed by atoms with Crippen LogP contribution in [0.1, 0.15) is 23.6 Å². The third kappa shape index (κ3) is 3.92. The van der Waals surface area contributed by atoms with Gasteiger partial charge in [-0.2, -0.15) is 0 Å². The minimum atomic E-state index is -4.76. The van der Waals surface area contributed by atoms with Crippen molar-refractivity contribution in [1.29, 1.82) is 0 Å². The third-order valence-electron chi connectivity index (χ3n) is 3.32. The number of phosphoric acid groups is 1. The van der Waals surface area contributed by atoms with Gasteiger partial charge in [0.2, 0.25) is 0 Å². The maximum absolute atomic E-state index is 11.7. The average molecular weight is 367 g/mol. The molecule has 6 N–H and O–H groups in total. The van der Waals surface area contributed by atoms with Crippen LogP contribution in [0.5, 0.6) is 0 Å². The number of aliphatic hydroxyl groups is 2. The van der Waals surface area contributed by atoms with E-state index in [2.05, 4.69) is 9.51 Å². The summed E-state index contributed by atoms with van der Waals surface area (Å²) in [5.41, 5.74) is 5.60. The third-order valence-corrected chi connectivity index (χ3v) is 3.80. The van der Waals surface area contributed by atoms with Crippen molar-refractivity contribution in [3.05, 3.63) is 12.0 Å². The summed E-state index contributed by atoms with van der Waals surface area (Å²) in [4.78, 5) is 32.8. The van der Waals surface area contributed by atoms with E-state index in [1.54, 1.807) is 6.92 Å². The number of nitrogen functional groups attached to an aromatic ring is 1. The van der Waals surface area contributed by atoms with Gasteiger partial charge in [0.05, 0.1) is 19.5 Å². The van der Waals surface area contributed by atoms with Crippen LogP contribution in [-0.2, 0) is 18.6 Å². The Kier molecular flexibility index (Phi) is 5.60. The largest absolute Gasteiger partial charge is 0.469 e. The summed E-state index contributed by atoms with van der Waals surface area (Å²) in [6, 6.07) is 0. The van der Waals surface area contributed by atoms with Crippen molar-refractivity contribution in [3.8, 4) is 0 Å².